The van der Waals surface area contributed by atoms with Gasteiger partial charge in [-0.2, -0.15) is 0 Å². The topological polar surface area (TPSA) is 67.6 Å². The lowest BCUT2D eigenvalue weighted by molar-refractivity contribution is -0.132. The summed E-state index contributed by atoms with van der Waals surface area (Å²) in [5.41, 5.74) is 7.59. The summed E-state index contributed by atoms with van der Waals surface area (Å²) in [5.74, 6) is 0.0395. The van der Waals surface area contributed by atoms with Crippen molar-refractivity contribution >= 4 is 11.6 Å². The van der Waals surface area contributed by atoms with Crippen LogP contribution >= 0.6 is 0 Å². The van der Waals surface area contributed by atoms with Crippen molar-refractivity contribution in [2.24, 2.45) is 0 Å². The number of rotatable bonds is 4. The number of hydrogen-bond acceptors (Lipinski definition) is 4. The number of likely N-dealkylation sites (N-methyl/N-ethyl adjacent to an activating group) is 1. The average Bonchev–Trinajstić information content (AvgIpc) is 2.42. The molecule has 0 saturated carbocycles. The first-order valence-electron chi connectivity index (χ1n) is 6.64. The first-order chi connectivity index (χ1) is 9.20. The summed E-state index contributed by atoms with van der Waals surface area (Å²) in [6.07, 6.45) is 0. The van der Waals surface area contributed by atoms with E-state index < -0.39 is 0 Å². The summed E-state index contributed by atoms with van der Waals surface area (Å²) in [7, 11) is 0. The van der Waals surface area contributed by atoms with E-state index in [9.17, 15) is 4.79 Å². The second-order valence-corrected chi connectivity index (χ2v) is 4.70. The maximum absolute atomic E-state index is 12.0. The van der Waals surface area contributed by atoms with E-state index in [0.717, 1.165) is 24.3 Å². The number of nitrogens with zero attached hydrogens (tertiary/aromatic N) is 1. The molecule has 1 atom stereocenters. The SMILES string of the molecule is CCNC(=O)C1COCCN1Cc1ccc(N)cc1. The Bertz CT molecular complexity index is 419. The van der Waals surface area contributed by atoms with Gasteiger partial charge in [0, 0.05) is 25.3 Å². The number of ether oxygens (including phenoxy) is 1. The van der Waals surface area contributed by atoms with Crippen LogP contribution in [0, 0.1) is 0 Å². The Balaban J connectivity index is 2.03. The van der Waals surface area contributed by atoms with Crippen LogP contribution in [0.2, 0.25) is 0 Å². The van der Waals surface area contributed by atoms with Crippen LogP contribution in [0.4, 0.5) is 5.69 Å². The third-order valence-electron chi connectivity index (χ3n) is 3.26. The van der Waals surface area contributed by atoms with Crippen molar-refractivity contribution in [3.8, 4) is 0 Å². The Labute approximate surface area is 113 Å². The highest BCUT2D eigenvalue weighted by molar-refractivity contribution is 5.81. The monoisotopic (exact) mass is 263 g/mol. The Morgan fingerprint density at radius 2 is 2.21 bits per heavy atom. The van der Waals surface area contributed by atoms with Crippen molar-refractivity contribution in [1.82, 2.24) is 10.2 Å². The summed E-state index contributed by atoms with van der Waals surface area (Å²) in [4.78, 5) is 14.2. The quantitative estimate of drug-likeness (QED) is 0.781. The standard InChI is InChI=1S/C14H21N3O2/c1-2-16-14(18)13-10-19-8-7-17(13)9-11-3-5-12(15)6-4-11/h3-6,13H,2,7-10,15H2,1H3,(H,16,18). The van der Waals surface area contributed by atoms with Gasteiger partial charge in [0.25, 0.3) is 0 Å². The molecule has 1 fully saturated rings. The third-order valence-corrected chi connectivity index (χ3v) is 3.26. The lowest BCUT2D eigenvalue weighted by atomic mass is 10.1. The Kier molecular flexibility index (Phi) is 4.76. The summed E-state index contributed by atoms with van der Waals surface area (Å²) >= 11 is 0. The van der Waals surface area contributed by atoms with Gasteiger partial charge < -0.3 is 15.8 Å². The van der Waals surface area contributed by atoms with Gasteiger partial charge in [0.15, 0.2) is 0 Å². The van der Waals surface area contributed by atoms with Gasteiger partial charge in [-0.3, -0.25) is 9.69 Å². The smallest absolute Gasteiger partial charge is 0.239 e. The number of morpholine rings is 1. The largest absolute Gasteiger partial charge is 0.399 e. The maximum atomic E-state index is 12.0. The molecule has 0 radical (unpaired) electrons. The normalized spacial score (nSPS) is 20.2. The fourth-order valence-electron chi connectivity index (χ4n) is 2.22. The molecule has 1 aromatic carbocycles. The highest BCUT2D eigenvalue weighted by Gasteiger charge is 2.28. The molecule has 5 heteroatoms. The molecule has 1 unspecified atom stereocenters. The van der Waals surface area contributed by atoms with E-state index in [1.165, 1.54) is 0 Å². The highest BCUT2D eigenvalue weighted by atomic mass is 16.5. The number of nitrogens with two attached hydrogens (primary N) is 1. The first kappa shape index (κ1) is 13.8. The molecule has 5 nitrogen and oxygen atoms in total. The van der Waals surface area contributed by atoms with E-state index in [1.807, 2.05) is 31.2 Å². The van der Waals surface area contributed by atoms with Gasteiger partial charge in [0.2, 0.25) is 5.91 Å². The van der Waals surface area contributed by atoms with Gasteiger partial charge in [-0.15, -0.1) is 0 Å². The highest BCUT2D eigenvalue weighted by Crippen LogP contribution is 2.14. The minimum atomic E-state index is -0.203. The molecule has 19 heavy (non-hydrogen) atoms. The van der Waals surface area contributed by atoms with Crippen LogP contribution in [0.25, 0.3) is 0 Å². The summed E-state index contributed by atoms with van der Waals surface area (Å²) in [6, 6.07) is 7.57. The fraction of sp³-hybridized carbons (Fsp3) is 0.500. The van der Waals surface area contributed by atoms with Gasteiger partial charge in [0.05, 0.1) is 13.2 Å². The van der Waals surface area contributed by atoms with Crippen molar-refractivity contribution in [1.29, 1.82) is 0 Å². The molecule has 1 aliphatic heterocycles. The van der Waals surface area contributed by atoms with E-state index in [2.05, 4.69) is 10.2 Å². The van der Waals surface area contributed by atoms with Gasteiger partial charge in [-0.05, 0) is 24.6 Å². The zero-order valence-corrected chi connectivity index (χ0v) is 11.3. The molecule has 3 N–H and O–H groups in total. The number of benzene rings is 1. The van der Waals surface area contributed by atoms with E-state index in [0.29, 0.717) is 19.8 Å². The number of amides is 1. The Hall–Kier alpha value is -1.59. The lowest BCUT2D eigenvalue weighted by Crippen LogP contribution is -2.53. The average molecular weight is 263 g/mol. The molecule has 0 spiro atoms. The van der Waals surface area contributed by atoms with Crippen LogP contribution in [-0.4, -0.2) is 43.2 Å². The van der Waals surface area contributed by atoms with E-state index in [1.54, 1.807) is 0 Å². The van der Waals surface area contributed by atoms with Gasteiger partial charge >= 0.3 is 0 Å². The van der Waals surface area contributed by atoms with Crippen molar-refractivity contribution < 1.29 is 9.53 Å². The number of hydrogen-bond donors (Lipinski definition) is 2. The minimum absolute atomic E-state index is 0.0395. The first-order valence-corrected chi connectivity index (χ1v) is 6.64. The van der Waals surface area contributed by atoms with Crippen LogP contribution in [0.1, 0.15) is 12.5 Å². The molecule has 1 aliphatic rings. The summed E-state index contributed by atoms with van der Waals surface area (Å²) in [6.45, 7) is 5.21. The van der Waals surface area contributed by atoms with Crippen LogP contribution < -0.4 is 11.1 Å². The van der Waals surface area contributed by atoms with Gasteiger partial charge in [-0.1, -0.05) is 12.1 Å². The van der Waals surface area contributed by atoms with Crippen molar-refractivity contribution in [3.05, 3.63) is 29.8 Å². The molecule has 1 aromatic rings. The van der Waals surface area contributed by atoms with E-state index >= 15 is 0 Å². The summed E-state index contributed by atoms with van der Waals surface area (Å²) in [5, 5.41) is 2.86. The Morgan fingerprint density at radius 3 is 2.89 bits per heavy atom. The van der Waals surface area contributed by atoms with Gasteiger partial charge in [0.1, 0.15) is 6.04 Å². The molecule has 104 valence electrons. The van der Waals surface area contributed by atoms with Gasteiger partial charge in [-0.25, -0.2) is 0 Å². The van der Waals surface area contributed by atoms with Crippen LogP contribution in [-0.2, 0) is 16.1 Å². The third kappa shape index (κ3) is 3.68. The fourth-order valence-corrected chi connectivity index (χ4v) is 2.22. The second-order valence-electron chi connectivity index (χ2n) is 4.70. The molecular weight excluding hydrogens is 242 g/mol. The Morgan fingerprint density at radius 1 is 1.47 bits per heavy atom. The van der Waals surface area contributed by atoms with Crippen LogP contribution in [0.3, 0.4) is 0 Å². The van der Waals surface area contributed by atoms with E-state index in [4.69, 9.17) is 10.5 Å². The molecule has 0 bridgehead atoms. The number of nitrogens with one attached hydrogen (secondary N) is 1. The second kappa shape index (κ2) is 6.54. The number of nitrogen functional groups attached to an aromatic ring is 1. The molecule has 2 rings (SSSR count). The molecular formula is C14H21N3O2. The van der Waals surface area contributed by atoms with Crippen molar-refractivity contribution in [3.63, 3.8) is 0 Å². The number of anilines is 1. The molecule has 1 saturated heterocycles. The minimum Gasteiger partial charge on any atom is -0.399 e. The zero-order chi connectivity index (χ0) is 13.7. The predicted octanol–water partition coefficient (Wildman–Crippen LogP) is 0.606. The van der Waals surface area contributed by atoms with Crippen LogP contribution in [0.5, 0.6) is 0 Å². The molecule has 0 aliphatic carbocycles. The lowest BCUT2D eigenvalue weighted by Gasteiger charge is -2.34. The maximum Gasteiger partial charge on any atom is 0.239 e. The van der Waals surface area contributed by atoms with E-state index in [-0.39, 0.29) is 11.9 Å². The van der Waals surface area contributed by atoms with Crippen LogP contribution in [0.15, 0.2) is 24.3 Å². The number of carbonyl (C=O) groups is 1. The van der Waals surface area contributed by atoms with Crippen molar-refractivity contribution in [2.75, 3.05) is 32.0 Å². The summed E-state index contributed by atoms with van der Waals surface area (Å²) < 4.78 is 5.41. The zero-order valence-electron chi connectivity index (χ0n) is 11.3. The van der Waals surface area contributed by atoms with Crippen molar-refractivity contribution in [2.45, 2.75) is 19.5 Å². The number of carbonyl (C=O) groups excluding carboxylic acids is 1. The molecule has 1 heterocycles. The molecule has 1 amide bonds. The predicted molar refractivity (Wildman–Crippen MR) is 74.6 cm³/mol. The molecule has 0 aromatic heterocycles.